The quantitative estimate of drug-likeness (QED) is 0.851. The molecular weight excluding hydrogens is 242 g/mol. The summed E-state index contributed by atoms with van der Waals surface area (Å²) >= 11 is 0. The highest BCUT2D eigenvalue weighted by molar-refractivity contribution is 5.73. The van der Waals surface area contributed by atoms with Gasteiger partial charge in [-0.3, -0.25) is 9.69 Å². The molecule has 2 fully saturated rings. The van der Waals surface area contributed by atoms with Crippen molar-refractivity contribution in [2.75, 3.05) is 19.8 Å². The highest BCUT2D eigenvalue weighted by Crippen LogP contribution is 2.33. The molecule has 1 heterocycles. The fourth-order valence-corrected chi connectivity index (χ4v) is 3.71. The van der Waals surface area contributed by atoms with Crippen molar-refractivity contribution in [3.05, 3.63) is 0 Å². The first-order valence-electron chi connectivity index (χ1n) is 7.64. The predicted molar refractivity (Wildman–Crippen MR) is 74.1 cm³/mol. The minimum atomic E-state index is -0.731. The normalized spacial score (nSPS) is 33.5. The van der Waals surface area contributed by atoms with Crippen LogP contribution in [0.1, 0.15) is 46.0 Å². The Balaban J connectivity index is 1.96. The molecule has 4 nitrogen and oxygen atoms in total. The molecule has 0 aromatic rings. The zero-order valence-corrected chi connectivity index (χ0v) is 12.2. The number of rotatable bonds is 4. The smallest absolute Gasteiger partial charge is 0.323 e. The van der Waals surface area contributed by atoms with E-state index in [-0.39, 0.29) is 0 Å². The first-order chi connectivity index (χ1) is 9.08. The first kappa shape index (κ1) is 14.8. The molecule has 0 amide bonds. The topological polar surface area (TPSA) is 49.8 Å². The second kappa shape index (κ2) is 6.71. The molecule has 1 saturated heterocycles. The Morgan fingerprint density at radius 1 is 1.42 bits per heavy atom. The third-order valence-electron chi connectivity index (χ3n) is 4.48. The molecular formula is C15H27NO3. The summed E-state index contributed by atoms with van der Waals surface area (Å²) in [6.07, 6.45) is 6.15. The van der Waals surface area contributed by atoms with Gasteiger partial charge in [0.05, 0.1) is 13.2 Å². The Bertz CT molecular complexity index is 306. The molecule has 1 N–H and O–H groups in total. The summed E-state index contributed by atoms with van der Waals surface area (Å²) in [5.41, 5.74) is 0. The van der Waals surface area contributed by atoms with E-state index in [0.717, 1.165) is 24.8 Å². The van der Waals surface area contributed by atoms with E-state index in [1.165, 1.54) is 25.7 Å². The summed E-state index contributed by atoms with van der Waals surface area (Å²) in [4.78, 5) is 13.5. The lowest BCUT2D eigenvalue weighted by Gasteiger charge is -2.42. The van der Waals surface area contributed by atoms with E-state index < -0.39 is 12.0 Å². The number of carboxylic acids is 1. The molecule has 0 aromatic heterocycles. The maximum atomic E-state index is 11.3. The first-order valence-corrected chi connectivity index (χ1v) is 7.64. The van der Waals surface area contributed by atoms with Crippen molar-refractivity contribution in [2.24, 2.45) is 11.8 Å². The Kier molecular flexibility index (Phi) is 5.22. The van der Waals surface area contributed by atoms with Gasteiger partial charge in [0.2, 0.25) is 0 Å². The maximum absolute atomic E-state index is 11.3. The van der Waals surface area contributed by atoms with Crippen LogP contribution in [0, 0.1) is 11.8 Å². The molecule has 3 unspecified atom stereocenters. The zero-order chi connectivity index (χ0) is 13.8. The Morgan fingerprint density at radius 2 is 2.21 bits per heavy atom. The summed E-state index contributed by atoms with van der Waals surface area (Å²) in [7, 11) is 0. The van der Waals surface area contributed by atoms with Crippen molar-refractivity contribution in [3.63, 3.8) is 0 Å². The predicted octanol–water partition coefficient (Wildman–Crippen LogP) is 2.38. The molecule has 2 aliphatic rings. The molecule has 1 saturated carbocycles. The monoisotopic (exact) mass is 269 g/mol. The van der Waals surface area contributed by atoms with Gasteiger partial charge >= 0.3 is 5.97 Å². The molecule has 19 heavy (non-hydrogen) atoms. The molecule has 1 aliphatic carbocycles. The van der Waals surface area contributed by atoms with Crippen LogP contribution in [0.2, 0.25) is 0 Å². The fourth-order valence-electron chi connectivity index (χ4n) is 3.71. The number of hydrogen-bond acceptors (Lipinski definition) is 3. The van der Waals surface area contributed by atoms with Crippen molar-refractivity contribution in [1.82, 2.24) is 4.90 Å². The molecule has 0 radical (unpaired) electrons. The summed E-state index contributed by atoms with van der Waals surface area (Å²) < 4.78 is 5.33. The van der Waals surface area contributed by atoms with Gasteiger partial charge in [0.1, 0.15) is 6.04 Å². The van der Waals surface area contributed by atoms with Crippen LogP contribution in [0.25, 0.3) is 0 Å². The van der Waals surface area contributed by atoms with Crippen LogP contribution in [0.4, 0.5) is 0 Å². The number of hydrogen-bond donors (Lipinski definition) is 1. The van der Waals surface area contributed by atoms with Gasteiger partial charge in [0, 0.05) is 12.6 Å². The number of carbonyl (C=O) groups is 1. The summed E-state index contributed by atoms with van der Waals surface area (Å²) in [6.45, 7) is 6.35. The van der Waals surface area contributed by atoms with Crippen molar-refractivity contribution < 1.29 is 14.6 Å². The van der Waals surface area contributed by atoms with E-state index in [9.17, 15) is 9.90 Å². The summed E-state index contributed by atoms with van der Waals surface area (Å²) in [5, 5.41) is 9.33. The molecule has 4 heteroatoms. The van der Waals surface area contributed by atoms with Gasteiger partial charge in [-0.15, -0.1) is 0 Å². The standard InChI is InChI=1S/C15H27NO3/c1-11(2)8-12-4-3-5-13(9-12)16-6-7-19-10-14(16)15(17)18/h11-14H,3-10H2,1-2H3,(H,17,18). The molecule has 0 bridgehead atoms. The van der Waals surface area contributed by atoms with Crippen LogP contribution in [0.15, 0.2) is 0 Å². The largest absolute Gasteiger partial charge is 0.480 e. The minimum Gasteiger partial charge on any atom is -0.480 e. The maximum Gasteiger partial charge on any atom is 0.323 e. The molecule has 0 spiro atoms. The van der Waals surface area contributed by atoms with Gasteiger partial charge < -0.3 is 9.84 Å². The van der Waals surface area contributed by atoms with Crippen LogP contribution >= 0.6 is 0 Å². The second-order valence-corrected chi connectivity index (χ2v) is 6.48. The fraction of sp³-hybridized carbons (Fsp3) is 0.933. The van der Waals surface area contributed by atoms with Crippen LogP contribution in [-0.2, 0) is 9.53 Å². The van der Waals surface area contributed by atoms with E-state index >= 15 is 0 Å². The molecule has 0 aromatic carbocycles. The van der Waals surface area contributed by atoms with E-state index in [1.54, 1.807) is 0 Å². The summed E-state index contributed by atoms with van der Waals surface area (Å²) in [6, 6.07) is 0.0130. The zero-order valence-electron chi connectivity index (χ0n) is 12.2. The van der Waals surface area contributed by atoms with Gasteiger partial charge in [-0.1, -0.05) is 26.7 Å². The average Bonchev–Trinajstić information content (AvgIpc) is 2.38. The van der Waals surface area contributed by atoms with Crippen molar-refractivity contribution >= 4 is 5.97 Å². The Morgan fingerprint density at radius 3 is 2.89 bits per heavy atom. The minimum absolute atomic E-state index is 0.348. The number of morpholine rings is 1. The number of carboxylic acid groups (broad SMARTS) is 1. The van der Waals surface area contributed by atoms with E-state index in [2.05, 4.69) is 18.7 Å². The second-order valence-electron chi connectivity index (χ2n) is 6.48. The molecule has 3 atom stereocenters. The lowest BCUT2D eigenvalue weighted by molar-refractivity contribution is -0.152. The number of nitrogens with zero attached hydrogens (tertiary/aromatic N) is 1. The van der Waals surface area contributed by atoms with E-state index in [0.29, 0.717) is 19.3 Å². The van der Waals surface area contributed by atoms with Gasteiger partial charge in [-0.2, -0.15) is 0 Å². The average molecular weight is 269 g/mol. The van der Waals surface area contributed by atoms with Crippen molar-refractivity contribution in [2.45, 2.75) is 58.0 Å². The third-order valence-corrected chi connectivity index (χ3v) is 4.48. The third kappa shape index (κ3) is 3.93. The molecule has 110 valence electrons. The number of ether oxygens (including phenoxy) is 1. The van der Waals surface area contributed by atoms with Gasteiger partial charge in [0.25, 0.3) is 0 Å². The van der Waals surface area contributed by atoms with Gasteiger partial charge in [-0.25, -0.2) is 0 Å². The molecule has 2 rings (SSSR count). The van der Waals surface area contributed by atoms with Crippen LogP contribution in [0.5, 0.6) is 0 Å². The van der Waals surface area contributed by atoms with Crippen LogP contribution in [-0.4, -0.2) is 47.8 Å². The van der Waals surface area contributed by atoms with Crippen molar-refractivity contribution in [1.29, 1.82) is 0 Å². The van der Waals surface area contributed by atoms with Crippen LogP contribution in [0.3, 0.4) is 0 Å². The summed E-state index contributed by atoms with van der Waals surface area (Å²) in [5.74, 6) is 0.783. The van der Waals surface area contributed by atoms with E-state index in [4.69, 9.17) is 4.74 Å². The Hall–Kier alpha value is -0.610. The SMILES string of the molecule is CC(C)CC1CCCC(N2CCOCC2C(=O)O)C1. The van der Waals surface area contributed by atoms with Crippen molar-refractivity contribution in [3.8, 4) is 0 Å². The lowest BCUT2D eigenvalue weighted by atomic mass is 9.80. The highest BCUT2D eigenvalue weighted by Gasteiger charge is 2.36. The van der Waals surface area contributed by atoms with Gasteiger partial charge in [0.15, 0.2) is 0 Å². The van der Waals surface area contributed by atoms with Crippen LogP contribution < -0.4 is 0 Å². The van der Waals surface area contributed by atoms with Gasteiger partial charge in [-0.05, 0) is 31.1 Å². The lowest BCUT2D eigenvalue weighted by Crippen LogP contribution is -2.55. The molecule has 1 aliphatic heterocycles. The van der Waals surface area contributed by atoms with E-state index in [1.807, 2.05) is 0 Å². The number of aliphatic carboxylic acids is 1. The highest BCUT2D eigenvalue weighted by atomic mass is 16.5. The Labute approximate surface area is 116 Å².